The largest absolute Gasteiger partial charge is 0.494 e. The number of aromatic nitrogens is 2. The number of rotatable bonds is 10. The van der Waals surface area contributed by atoms with Crippen molar-refractivity contribution in [1.82, 2.24) is 9.55 Å². The van der Waals surface area contributed by atoms with Crippen molar-refractivity contribution < 1.29 is 19.4 Å². The molecule has 0 unspecified atom stereocenters. The Hall–Kier alpha value is -3.38. The van der Waals surface area contributed by atoms with Gasteiger partial charge < -0.3 is 19.1 Å². The van der Waals surface area contributed by atoms with Crippen LogP contribution in [0.25, 0.3) is 21.8 Å². The second-order valence-electron chi connectivity index (χ2n) is 7.39. The first-order valence-corrected chi connectivity index (χ1v) is 10.5. The molecule has 31 heavy (non-hydrogen) atoms. The maximum Gasteiger partial charge on any atom is 0.333 e. The number of aryl methyl sites for hydroxylation is 1. The van der Waals surface area contributed by atoms with Gasteiger partial charge in [-0.05, 0) is 43.2 Å². The van der Waals surface area contributed by atoms with E-state index in [1.54, 1.807) is 6.92 Å². The van der Waals surface area contributed by atoms with E-state index in [0.29, 0.717) is 19.6 Å². The predicted molar refractivity (Wildman–Crippen MR) is 121 cm³/mol. The number of benzene rings is 2. The Bertz CT molecular complexity index is 1110. The van der Waals surface area contributed by atoms with Crippen molar-refractivity contribution >= 4 is 27.8 Å². The van der Waals surface area contributed by atoms with Crippen LogP contribution < -0.4 is 4.74 Å². The quantitative estimate of drug-likeness (QED) is 0.378. The smallest absolute Gasteiger partial charge is 0.333 e. The molecular weight excluding hydrogens is 392 g/mol. The van der Waals surface area contributed by atoms with Crippen LogP contribution in [0.1, 0.15) is 18.9 Å². The highest BCUT2D eigenvalue weighted by molar-refractivity contribution is 6.07. The third kappa shape index (κ3) is 4.70. The van der Waals surface area contributed by atoms with Gasteiger partial charge in [-0.15, -0.1) is 0 Å². The van der Waals surface area contributed by atoms with Crippen LogP contribution in [-0.4, -0.2) is 39.9 Å². The summed E-state index contributed by atoms with van der Waals surface area (Å²) in [5, 5.41) is 11.7. The van der Waals surface area contributed by atoms with Crippen molar-refractivity contribution in [2.45, 2.75) is 32.4 Å². The number of aliphatic carboxylic acids is 1. The molecule has 0 radical (unpaired) electrons. The summed E-state index contributed by atoms with van der Waals surface area (Å²) < 4.78 is 13.5. The van der Waals surface area contributed by atoms with E-state index in [2.05, 4.69) is 39.9 Å². The molecule has 0 aliphatic carbocycles. The van der Waals surface area contributed by atoms with E-state index in [1.165, 1.54) is 16.3 Å². The van der Waals surface area contributed by atoms with Crippen LogP contribution in [0.2, 0.25) is 0 Å². The van der Waals surface area contributed by atoms with Gasteiger partial charge in [-0.2, -0.15) is 0 Å². The fourth-order valence-electron chi connectivity index (χ4n) is 3.90. The van der Waals surface area contributed by atoms with Crippen LogP contribution in [0.5, 0.6) is 5.75 Å². The predicted octanol–water partition coefficient (Wildman–Crippen LogP) is 4.69. The Morgan fingerprint density at radius 3 is 2.61 bits per heavy atom. The highest BCUT2D eigenvalue weighted by atomic mass is 16.5. The minimum absolute atomic E-state index is 0.339. The molecule has 0 fully saturated rings. The van der Waals surface area contributed by atoms with E-state index in [9.17, 15) is 9.90 Å². The summed E-state index contributed by atoms with van der Waals surface area (Å²) in [6, 6.07) is 18.0. The zero-order chi connectivity index (χ0) is 21.6. The molecule has 1 N–H and O–H groups in total. The third-order valence-corrected chi connectivity index (χ3v) is 5.36. The summed E-state index contributed by atoms with van der Waals surface area (Å²) in [5.74, 6) is -0.168. The summed E-state index contributed by atoms with van der Waals surface area (Å²) in [6.45, 7) is 3.59. The topological polar surface area (TPSA) is 73.6 Å². The lowest BCUT2D eigenvalue weighted by atomic mass is 10.1. The summed E-state index contributed by atoms with van der Waals surface area (Å²) in [7, 11) is 0. The van der Waals surface area contributed by atoms with E-state index < -0.39 is 12.1 Å². The average molecular weight is 418 g/mol. The van der Waals surface area contributed by atoms with Crippen molar-refractivity contribution in [3.63, 3.8) is 0 Å². The van der Waals surface area contributed by atoms with Crippen molar-refractivity contribution in [1.29, 1.82) is 0 Å². The molecular formula is C25H26N2O4. The first kappa shape index (κ1) is 20.9. The van der Waals surface area contributed by atoms with Crippen LogP contribution in [0.4, 0.5) is 0 Å². The van der Waals surface area contributed by atoms with Gasteiger partial charge in [-0.25, -0.2) is 4.79 Å². The summed E-state index contributed by atoms with van der Waals surface area (Å²) in [5.41, 5.74) is 3.25. The maximum atomic E-state index is 11.2. The molecule has 0 saturated carbocycles. The van der Waals surface area contributed by atoms with Gasteiger partial charge in [-0.3, -0.25) is 4.98 Å². The molecule has 6 heteroatoms. The second-order valence-corrected chi connectivity index (χ2v) is 7.39. The van der Waals surface area contributed by atoms with E-state index >= 15 is 0 Å². The Balaban J connectivity index is 1.36. The molecule has 0 bridgehead atoms. The third-order valence-electron chi connectivity index (χ3n) is 5.36. The highest BCUT2D eigenvalue weighted by Crippen LogP contribution is 2.28. The molecule has 0 aliphatic rings. The molecule has 6 nitrogen and oxygen atoms in total. The lowest BCUT2D eigenvalue weighted by molar-refractivity contribution is -0.149. The zero-order valence-electron chi connectivity index (χ0n) is 17.5. The van der Waals surface area contributed by atoms with E-state index in [0.717, 1.165) is 29.8 Å². The fourth-order valence-corrected chi connectivity index (χ4v) is 3.90. The molecule has 0 spiro atoms. The Kier molecular flexibility index (Phi) is 6.48. The highest BCUT2D eigenvalue weighted by Gasteiger charge is 2.17. The van der Waals surface area contributed by atoms with E-state index in [1.807, 2.05) is 36.7 Å². The normalized spacial score (nSPS) is 12.3. The maximum absolute atomic E-state index is 11.2. The molecule has 4 aromatic rings. The van der Waals surface area contributed by atoms with Gasteiger partial charge in [0.25, 0.3) is 0 Å². The van der Waals surface area contributed by atoms with Gasteiger partial charge in [0, 0.05) is 42.1 Å². The van der Waals surface area contributed by atoms with Crippen LogP contribution in [-0.2, 0) is 22.5 Å². The van der Waals surface area contributed by atoms with E-state index in [-0.39, 0.29) is 0 Å². The van der Waals surface area contributed by atoms with Gasteiger partial charge in [0.1, 0.15) is 5.75 Å². The van der Waals surface area contributed by atoms with Crippen molar-refractivity contribution in [3.8, 4) is 5.75 Å². The van der Waals surface area contributed by atoms with Gasteiger partial charge in [0.05, 0.1) is 18.3 Å². The van der Waals surface area contributed by atoms with Crippen molar-refractivity contribution in [2.75, 3.05) is 13.2 Å². The summed E-state index contributed by atoms with van der Waals surface area (Å²) >= 11 is 0. The number of pyridine rings is 1. The van der Waals surface area contributed by atoms with Gasteiger partial charge in [0.2, 0.25) is 0 Å². The number of para-hydroxylation sites is 1. The summed E-state index contributed by atoms with van der Waals surface area (Å²) in [4.78, 5) is 15.5. The molecule has 0 aliphatic heterocycles. The monoisotopic (exact) mass is 418 g/mol. The standard InChI is InChI=1S/C25H26N2O4/c1-2-30-24(25(28)29)16-18-8-10-19(11-9-18)31-15-5-14-27-22-7-4-3-6-20(22)21-12-13-26-17-23(21)27/h3-4,6-13,17,24H,2,5,14-16H2,1H3,(H,28,29)/t24-/m0/s1. The molecule has 4 rings (SSSR count). The fraction of sp³-hybridized carbons (Fsp3) is 0.280. The number of ether oxygens (including phenoxy) is 2. The van der Waals surface area contributed by atoms with Crippen LogP contribution in [0, 0.1) is 0 Å². The van der Waals surface area contributed by atoms with E-state index in [4.69, 9.17) is 9.47 Å². The van der Waals surface area contributed by atoms with Crippen LogP contribution in [0.15, 0.2) is 67.0 Å². The Labute approximate surface area is 181 Å². The number of fused-ring (bicyclic) bond motifs is 3. The molecule has 2 heterocycles. The summed E-state index contributed by atoms with van der Waals surface area (Å²) in [6.07, 6.45) is 4.12. The molecule has 2 aromatic carbocycles. The first-order valence-electron chi connectivity index (χ1n) is 10.5. The number of carboxylic acids is 1. The molecule has 0 amide bonds. The van der Waals surface area contributed by atoms with Crippen LogP contribution in [0.3, 0.4) is 0 Å². The Morgan fingerprint density at radius 1 is 1.06 bits per heavy atom. The average Bonchev–Trinajstić information content (AvgIpc) is 3.11. The number of nitrogens with zero attached hydrogens (tertiary/aromatic N) is 2. The van der Waals surface area contributed by atoms with Gasteiger partial charge >= 0.3 is 5.97 Å². The van der Waals surface area contributed by atoms with Gasteiger partial charge in [0.15, 0.2) is 6.10 Å². The molecule has 2 aromatic heterocycles. The zero-order valence-corrected chi connectivity index (χ0v) is 17.5. The first-order chi connectivity index (χ1) is 15.2. The molecule has 160 valence electrons. The van der Waals surface area contributed by atoms with Crippen molar-refractivity contribution in [3.05, 3.63) is 72.6 Å². The lowest BCUT2D eigenvalue weighted by Crippen LogP contribution is -2.26. The van der Waals surface area contributed by atoms with Crippen molar-refractivity contribution in [2.24, 2.45) is 0 Å². The van der Waals surface area contributed by atoms with Crippen LogP contribution >= 0.6 is 0 Å². The molecule has 0 saturated heterocycles. The molecule has 1 atom stereocenters. The van der Waals surface area contributed by atoms with Gasteiger partial charge in [-0.1, -0.05) is 30.3 Å². The second kappa shape index (κ2) is 9.62. The number of carboxylic acid groups (broad SMARTS) is 1. The number of hydrogen-bond donors (Lipinski definition) is 1. The minimum atomic E-state index is -0.942. The minimum Gasteiger partial charge on any atom is -0.494 e. The SMILES string of the molecule is CCO[C@@H](Cc1ccc(OCCCn2c3ccccc3c3ccncc32)cc1)C(=O)O. The number of carbonyl (C=O) groups is 1. The number of hydrogen-bond acceptors (Lipinski definition) is 4. The lowest BCUT2D eigenvalue weighted by Gasteiger charge is -2.13. The Morgan fingerprint density at radius 2 is 1.84 bits per heavy atom.